The summed E-state index contributed by atoms with van der Waals surface area (Å²) in [5.74, 6) is 0.510. The molecule has 20 heavy (non-hydrogen) atoms. The second-order valence-electron chi connectivity index (χ2n) is 5.69. The van der Waals surface area contributed by atoms with E-state index in [9.17, 15) is 0 Å². The highest BCUT2D eigenvalue weighted by molar-refractivity contribution is 5.83. The van der Waals surface area contributed by atoms with Crippen molar-refractivity contribution in [3.05, 3.63) is 35.5 Å². The Morgan fingerprint density at radius 3 is 2.95 bits per heavy atom. The molecule has 0 bridgehead atoms. The van der Waals surface area contributed by atoms with Crippen LogP contribution in [0.3, 0.4) is 0 Å². The average Bonchev–Trinajstić information content (AvgIpc) is 3.12. The van der Waals surface area contributed by atoms with Crippen LogP contribution < -0.4 is 5.32 Å². The van der Waals surface area contributed by atoms with E-state index < -0.39 is 0 Å². The minimum Gasteiger partial charge on any atom is -0.345 e. The molecule has 1 aliphatic rings. The molecule has 0 radical (unpaired) electrons. The van der Waals surface area contributed by atoms with Gasteiger partial charge in [-0.2, -0.15) is 5.26 Å². The summed E-state index contributed by atoms with van der Waals surface area (Å²) in [5, 5.41) is 13.9. The van der Waals surface area contributed by atoms with Gasteiger partial charge in [0.25, 0.3) is 0 Å². The Kier molecular flexibility index (Phi) is 3.50. The molecule has 0 amide bonds. The van der Waals surface area contributed by atoms with Crippen molar-refractivity contribution in [3.63, 3.8) is 0 Å². The van der Waals surface area contributed by atoms with Gasteiger partial charge in [0.1, 0.15) is 0 Å². The predicted molar refractivity (Wildman–Crippen MR) is 81.8 cm³/mol. The van der Waals surface area contributed by atoms with Gasteiger partial charge >= 0.3 is 0 Å². The van der Waals surface area contributed by atoms with Crippen LogP contribution in [-0.4, -0.2) is 17.2 Å². The maximum atomic E-state index is 9.08. The van der Waals surface area contributed by atoms with Crippen LogP contribution in [0.25, 0.3) is 10.9 Å². The molecule has 1 aliphatic heterocycles. The number of nitrogens with one attached hydrogen (secondary N) is 1. The van der Waals surface area contributed by atoms with Gasteiger partial charge in [-0.3, -0.25) is 0 Å². The zero-order valence-electron chi connectivity index (χ0n) is 12.2. The van der Waals surface area contributed by atoms with Gasteiger partial charge in [0.2, 0.25) is 0 Å². The Morgan fingerprint density at radius 2 is 2.30 bits per heavy atom. The fourth-order valence-corrected chi connectivity index (χ4v) is 3.42. The maximum absolute atomic E-state index is 9.08. The molecular weight excluding hydrogens is 246 g/mol. The first-order valence-electron chi connectivity index (χ1n) is 7.51. The highest BCUT2D eigenvalue weighted by Crippen LogP contribution is 2.30. The molecule has 1 fully saturated rings. The lowest BCUT2D eigenvalue weighted by molar-refractivity contribution is 0.493. The summed E-state index contributed by atoms with van der Waals surface area (Å²) >= 11 is 0. The second-order valence-corrected chi connectivity index (χ2v) is 5.69. The van der Waals surface area contributed by atoms with Crippen molar-refractivity contribution in [2.75, 3.05) is 6.54 Å². The Labute approximate surface area is 120 Å². The van der Waals surface area contributed by atoms with Crippen molar-refractivity contribution in [2.24, 2.45) is 0 Å². The zero-order valence-corrected chi connectivity index (χ0v) is 12.2. The van der Waals surface area contributed by atoms with Crippen LogP contribution in [0.15, 0.2) is 24.3 Å². The van der Waals surface area contributed by atoms with Crippen LogP contribution in [0.4, 0.5) is 0 Å². The number of rotatable bonds is 3. The van der Waals surface area contributed by atoms with Gasteiger partial charge < -0.3 is 9.88 Å². The van der Waals surface area contributed by atoms with Crippen LogP contribution >= 0.6 is 0 Å². The van der Waals surface area contributed by atoms with Crippen molar-refractivity contribution >= 4 is 10.9 Å². The Morgan fingerprint density at radius 1 is 1.45 bits per heavy atom. The monoisotopic (exact) mass is 267 g/mol. The SMILES string of the molecule is CCn1c(C(C)[C@@H]2CCCN2)cc2ccc(C#N)cc21. The van der Waals surface area contributed by atoms with E-state index in [1.807, 2.05) is 12.1 Å². The van der Waals surface area contributed by atoms with Crippen LogP contribution in [0, 0.1) is 11.3 Å². The van der Waals surface area contributed by atoms with Gasteiger partial charge in [-0.15, -0.1) is 0 Å². The van der Waals surface area contributed by atoms with Gasteiger partial charge in [0, 0.05) is 29.7 Å². The molecule has 1 aromatic carbocycles. The number of hydrogen-bond acceptors (Lipinski definition) is 2. The predicted octanol–water partition coefficient (Wildman–Crippen LogP) is 3.39. The van der Waals surface area contributed by atoms with Crippen LogP contribution in [0.1, 0.15) is 43.9 Å². The van der Waals surface area contributed by atoms with Gasteiger partial charge in [-0.25, -0.2) is 0 Å². The first kappa shape index (κ1) is 13.2. The number of aromatic nitrogens is 1. The van der Waals surface area contributed by atoms with E-state index in [2.05, 4.69) is 41.9 Å². The average molecular weight is 267 g/mol. The molecule has 1 unspecified atom stereocenters. The fraction of sp³-hybridized carbons (Fsp3) is 0.471. The first-order valence-corrected chi connectivity index (χ1v) is 7.51. The number of nitriles is 1. The van der Waals surface area contributed by atoms with Crippen molar-refractivity contribution in [1.82, 2.24) is 9.88 Å². The number of nitrogens with zero attached hydrogens (tertiary/aromatic N) is 2. The highest BCUT2D eigenvalue weighted by Gasteiger charge is 2.25. The standard InChI is InChI=1S/C17H21N3/c1-3-20-16(12(2)15-5-4-8-19-15)10-14-7-6-13(11-18)9-17(14)20/h6-7,9-10,12,15,19H,3-5,8H2,1-2H3/t12?,15-/m0/s1. The van der Waals surface area contributed by atoms with E-state index in [1.165, 1.54) is 29.4 Å². The molecular formula is C17H21N3. The Bertz CT molecular complexity index is 657. The molecule has 3 heteroatoms. The number of aryl methyl sites for hydroxylation is 1. The summed E-state index contributed by atoms with van der Waals surface area (Å²) in [6.45, 7) is 6.58. The van der Waals surface area contributed by atoms with E-state index in [0.29, 0.717) is 12.0 Å². The maximum Gasteiger partial charge on any atom is 0.0992 e. The summed E-state index contributed by atoms with van der Waals surface area (Å²) in [6.07, 6.45) is 2.54. The van der Waals surface area contributed by atoms with Gasteiger partial charge in [0.15, 0.2) is 0 Å². The van der Waals surface area contributed by atoms with Crippen LogP contribution in [0.5, 0.6) is 0 Å². The summed E-state index contributed by atoms with van der Waals surface area (Å²) < 4.78 is 2.36. The largest absolute Gasteiger partial charge is 0.345 e. The van der Waals surface area contributed by atoms with Gasteiger partial charge in [0.05, 0.1) is 11.6 Å². The molecule has 3 nitrogen and oxygen atoms in total. The molecule has 2 heterocycles. The van der Waals surface area contributed by atoms with Crippen LogP contribution in [-0.2, 0) is 6.54 Å². The normalized spacial score (nSPS) is 20.1. The zero-order chi connectivity index (χ0) is 14.1. The van der Waals surface area contributed by atoms with E-state index >= 15 is 0 Å². The summed E-state index contributed by atoms with van der Waals surface area (Å²) in [4.78, 5) is 0. The van der Waals surface area contributed by atoms with E-state index in [1.54, 1.807) is 0 Å². The second kappa shape index (κ2) is 5.30. The van der Waals surface area contributed by atoms with Crippen molar-refractivity contribution in [1.29, 1.82) is 5.26 Å². The third kappa shape index (κ3) is 2.10. The third-order valence-corrected chi connectivity index (χ3v) is 4.55. The summed E-state index contributed by atoms with van der Waals surface area (Å²) in [6, 6.07) is 11.1. The lowest BCUT2D eigenvalue weighted by Gasteiger charge is -2.21. The molecule has 2 atom stereocenters. The summed E-state index contributed by atoms with van der Waals surface area (Å²) in [7, 11) is 0. The molecule has 0 spiro atoms. The number of benzene rings is 1. The molecule has 0 saturated carbocycles. The minimum atomic E-state index is 0.510. The summed E-state index contributed by atoms with van der Waals surface area (Å²) in [5.41, 5.74) is 3.31. The first-order chi connectivity index (χ1) is 9.74. The lowest BCUT2D eigenvalue weighted by Crippen LogP contribution is -2.28. The highest BCUT2D eigenvalue weighted by atomic mass is 15.0. The molecule has 104 valence electrons. The van der Waals surface area contributed by atoms with E-state index in [-0.39, 0.29) is 0 Å². The number of hydrogen-bond donors (Lipinski definition) is 1. The molecule has 1 aromatic heterocycles. The Balaban J connectivity index is 2.08. The number of fused-ring (bicyclic) bond motifs is 1. The fourth-order valence-electron chi connectivity index (χ4n) is 3.42. The van der Waals surface area contributed by atoms with Crippen molar-refractivity contribution in [2.45, 2.75) is 45.2 Å². The van der Waals surface area contributed by atoms with Gasteiger partial charge in [-0.05, 0) is 49.9 Å². The molecule has 0 aliphatic carbocycles. The van der Waals surface area contributed by atoms with Crippen molar-refractivity contribution < 1.29 is 0 Å². The minimum absolute atomic E-state index is 0.510. The lowest BCUT2D eigenvalue weighted by atomic mass is 9.96. The molecule has 2 aromatic rings. The van der Waals surface area contributed by atoms with E-state index in [0.717, 1.165) is 18.7 Å². The van der Waals surface area contributed by atoms with E-state index in [4.69, 9.17) is 5.26 Å². The Hall–Kier alpha value is -1.79. The smallest absolute Gasteiger partial charge is 0.0992 e. The van der Waals surface area contributed by atoms with Crippen molar-refractivity contribution in [3.8, 4) is 6.07 Å². The van der Waals surface area contributed by atoms with Crippen LogP contribution in [0.2, 0.25) is 0 Å². The molecule has 1 saturated heterocycles. The van der Waals surface area contributed by atoms with Gasteiger partial charge in [-0.1, -0.05) is 13.0 Å². The third-order valence-electron chi connectivity index (χ3n) is 4.55. The molecule has 3 rings (SSSR count). The topological polar surface area (TPSA) is 40.8 Å². The molecule has 1 N–H and O–H groups in total. The quantitative estimate of drug-likeness (QED) is 0.926.